The molecule has 23 heavy (non-hydrogen) atoms. The van der Waals surface area contributed by atoms with Crippen LogP contribution in [0.25, 0.3) is 0 Å². The van der Waals surface area contributed by atoms with Crippen molar-refractivity contribution in [1.82, 2.24) is 4.90 Å². The van der Waals surface area contributed by atoms with E-state index in [-0.39, 0.29) is 18.6 Å². The lowest BCUT2D eigenvalue weighted by atomic mass is 9.94. The molecule has 6 nitrogen and oxygen atoms in total. The van der Waals surface area contributed by atoms with Gasteiger partial charge in [0, 0.05) is 19.0 Å². The first-order chi connectivity index (χ1) is 10.8. The summed E-state index contributed by atoms with van der Waals surface area (Å²) < 4.78 is 32.8. The van der Waals surface area contributed by atoms with E-state index in [2.05, 4.69) is 0 Å². The summed E-state index contributed by atoms with van der Waals surface area (Å²) in [7, 11) is -3.49. The van der Waals surface area contributed by atoms with E-state index < -0.39 is 16.2 Å². The molecule has 0 aromatic heterocycles. The third-order valence-corrected chi connectivity index (χ3v) is 4.56. The maximum atomic E-state index is 12.2. The molecule has 1 aromatic rings. The largest absolute Gasteiger partial charge is 0.445 e. The van der Waals surface area contributed by atoms with Gasteiger partial charge in [-0.15, -0.1) is 0 Å². The molecule has 0 bridgehead atoms. The van der Waals surface area contributed by atoms with Gasteiger partial charge in [0.05, 0.1) is 12.4 Å². The van der Waals surface area contributed by atoms with Crippen molar-refractivity contribution in [3.8, 4) is 0 Å². The van der Waals surface area contributed by atoms with Crippen molar-refractivity contribution >= 4 is 16.2 Å². The Bertz CT molecular complexity index is 617. The molecular weight excluding hydrogens is 318 g/mol. The molecule has 0 saturated carbocycles. The van der Waals surface area contributed by atoms with Gasteiger partial charge in [0.1, 0.15) is 6.61 Å². The number of ether oxygens (including phenoxy) is 1. The highest BCUT2D eigenvalue weighted by atomic mass is 32.2. The van der Waals surface area contributed by atoms with Crippen molar-refractivity contribution in [3.63, 3.8) is 0 Å². The molecule has 0 aliphatic carbocycles. The van der Waals surface area contributed by atoms with Gasteiger partial charge in [-0.3, -0.25) is 4.18 Å². The third kappa shape index (κ3) is 5.84. The van der Waals surface area contributed by atoms with E-state index in [9.17, 15) is 13.2 Å². The summed E-state index contributed by atoms with van der Waals surface area (Å²) in [5.41, 5.74) is 0.934. The van der Waals surface area contributed by atoms with Crippen LogP contribution in [0.15, 0.2) is 30.3 Å². The van der Waals surface area contributed by atoms with Crippen molar-refractivity contribution in [3.05, 3.63) is 35.9 Å². The number of likely N-dealkylation sites (tertiary alicyclic amines) is 1. The quantitative estimate of drug-likeness (QED) is 0.769. The molecule has 128 valence electrons. The van der Waals surface area contributed by atoms with Crippen LogP contribution in [0.1, 0.15) is 25.3 Å². The van der Waals surface area contributed by atoms with Crippen LogP contribution in [0, 0.1) is 5.92 Å². The Labute approximate surface area is 137 Å². The lowest BCUT2D eigenvalue weighted by molar-refractivity contribution is 0.0551. The molecule has 1 aromatic carbocycles. The molecule has 1 aliphatic heterocycles. The number of piperidine rings is 1. The van der Waals surface area contributed by atoms with E-state index in [0.717, 1.165) is 24.7 Å². The first-order valence-electron chi connectivity index (χ1n) is 7.69. The van der Waals surface area contributed by atoms with Crippen molar-refractivity contribution < 1.29 is 22.1 Å². The minimum atomic E-state index is -3.49. The van der Waals surface area contributed by atoms with Crippen LogP contribution >= 0.6 is 0 Å². The van der Waals surface area contributed by atoms with Crippen molar-refractivity contribution in [1.29, 1.82) is 0 Å². The van der Waals surface area contributed by atoms with Crippen LogP contribution in [0.5, 0.6) is 0 Å². The van der Waals surface area contributed by atoms with Crippen LogP contribution in [0.2, 0.25) is 0 Å². The molecule has 2 atom stereocenters. The molecule has 2 rings (SSSR count). The monoisotopic (exact) mass is 341 g/mol. The fourth-order valence-corrected chi connectivity index (χ4v) is 3.43. The Morgan fingerprint density at radius 1 is 1.35 bits per heavy atom. The molecular formula is C16H23NO5S. The highest BCUT2D eigenvalue weighted by molar-refractivity contribution is 7.86. The zero-order valence-corrected chi connectivity index (χ0v) is 14.3. The summed E-state index contributed by atoms with van der Waals surface area (Å²) >= 11 is 0. The minimum Gasteiger partial charge on any atom is -0.445 e. The van der Waals surface area contributed by atoms with Gasteiger partial charge in [0.2, 0.25) is 0 Å². The average molecular weight is 341 g/mol. The highest BCUT2D eigenvalue weighted by Crippen LogP contribution is 2.23. The standard InChI is InChI=1S/C16H23NO5S/c1-13(22-23(2,19)20)15-9-6-10-17(11-15)16(18)21-12-14-7-4-3-5-8-14/h3-5,7-8,13,15H,6,9-12H2,1-2H3/t13-,15-/m1/s1. The predicted octanol–water partition coefficient (Wildman–Crippen LogP) is 2.40. The number of carbonyl (C=O) groups excluding carboxylic acids is 1. The van der Waals surface area contributed by atoms with E-state index in [4.69, 9.17) is 8.92 Å². The molecule has 0 unspecified atom stereocenters. The number of amides is 1. The van der Waals surface area contributed by atoms with E-state index in [1.807, 2.05) is 30.3 Å². The van der Waals surface area contributed by atoms with E-state index >= 15 is 0 Å². The maximum absolute atomic E-state index is 12.2. The van der Waals surface area contributed by atoms with Gasteiger partial charge in [0.25, 0.3) is 10.1 Å². The fraction of sp³-hybridized carbons (Fsp3) is 0.562. The summed E-state index contributed by atoms with van der Waals surface area (Å²) in [6.45, 7) is 3.03. The summed E-state index contributed by atoms with van der Waals surface area (Å²) in [4.78, 5) is 13.8. The van der Waals surface area contributed by atoms with Crippen LogP contribution in [0.4, 0.5) is 4.79 Å². The van der Waals surface area contributed by atoms with Gasteiger partial charge >= 0.3 is 6.09 Å². The van der Waals surface area contributed by atoms with Gasteiger partial charge < -0.3 is 9.64 Å². The van der Waals surface area contributed by atoms with E-state index in [0.29, 0.717) is 13.1 Å². The van der Waals surface area contributed by atoms with Crippen LogP contribution < -0.4 is 0 Å². The average Bonchev–Trinajstić information content (AvgIpc) is 2.52. The second kappa shape index (κ2) is 7.79. The molecule has 1 saturated heterocycles. The molecule has 0 N–H and O–H groups in total. The first kappa shape index (κ1) is 17.7. The Morgan fingerprint density at radius 2 is 2.04 bits per heavy atom. The second-order valence-electron chi connectivity index (χ2n) is 5.89. The van der Waals surface area contributed by atoms with Crippen molar-refractivity contribution in [2.75, 3.05) is 19.3 Å². The molecule has 1 aliphatic rings. The number of hydrogen-bond acceptors (Lipinski definition) is 5. The summed E-state index contributed by atoms with van der Waals surface area (Å²) in [6, 6.07) is 9.49. The lowest BCUT2D eigenvalue weighted by Crippen LogP contribution is -2.44. The number of benzene rings is 1. The lowest BCUT2D eigenvalue weighted by Gasteiger charge is -2.34. The SMILES string of the molecule is C[C@@H](OS(C)(=O)=O)[C@@H]1CCCN(C(=O)OCc2ccccc2)C1. The molecule has 1 fully saturated rings. The Morgan fingerprint density at radius 3 is 2.70 bits per heavy atom. The number of hydrogen-bond donors (Lipinski definition) is 0. The zero-order valence-electron chi connectivity index (χ0n) is 13.5. The number of carbonyl (C=O) groups is 1. The fourth-order valence-electron chi connectivity index (χ4n) is 2.72. The van der Waals surface area contributed by atoms with Crippen LogP contribution in [0.3, 0.4) is 0 Å². The van der Waals surface area contributed by atoms with Gasteiger partial charge in [-0.2, -0.15) is 8.42 Å². The van der Waals surface area contributed by atoms with Gasteiger partial charge in [-0.25, -0.2) is 4.79 Å². The summed E-state index contributed by atoms with van der Waals surface area (Å²) in [6.07, 6.45) is 1.86. The molecule has 7 heteroatoms. The normalized spacial score (nSPS) is 20.1. The van der Waals surface area contributed by atoms with Crippen LogP contribution in [-0.4, -0.2) is 44.9 Å². The Kier molecular flexibility index (Phi) is 6.01. The number of nitrogens with zero attached hydrogens (tertiary/aromatic N) is 1. The highest BCUT2D eigenvalue weighted by Gasteiger charge is 2.30. The second-order valence-corrected chi connectivity index (χ2v) is 7.49. The van der Waals surface area contributed by atoms with Crippen molar-refractivity contribution in [2.45, 2.75) is 32.5 Å². The molecule has 1 heterocycles. The Balaban J connectivity index is 1.86. The Hall–Kier alpha value is -1.60. The maximum Gasteiger partial charge on any atom is 0.410 e. The first-order valence-corrected chi connectivity index (χ1v) is 9.50. The van der Waals surface area contributed by atoms with Gasteiger partial charge in [-0.05, 0) is 25.3 Å². The predicted molar refractivity (Wildman–Crippen MR) is 86.3 cm³/mol. The molecule has 0 radical (unpaired) electrons. The molecule has 0 spiro atoms. The van der Waals surface area contributed by atoms with Gasteiger partial charge in [0.15, 0.2) is 0 Å². The summed E-state index contributed by atoms with van der Waals surface area (Å²) in [5, 5.41) is 0. The number of rotatable bonds is 5. The van der Waals surface area contributed by atoms with Gasteiger partial charge in [-0.1, -0.05) is 30.3 Å². The van der Waals surface area contributed by atoms with Crippen LogP contribution in [-0.2, 0) is 25.6 Å². The van der Waals surface area contributed by atoms with E-state index in [1.165, 1.54) is 0 Å². The third-order valence-electron chi connectivity index (χ3n) is 3.91. The van der Waals surface area contributed by atoms with Crippen molar-refractivity contribution in [2.24, 2.45) is 5.92 Å². The van der Waals surface area contributed by atoms with E-state index in [1.54, 1.807) is 11.8 Å². The zero-order chi connectivity index (χ0) is 16.9. The summed E-state index contributed by atoms with van der Waals surface area (Å²) in [5.74, 6) is -0.0113. The molecule has 1 amide bonds. The minimum absolute atomic E-state index is 0.0113. The smallest absolute Gasteiger partial charge is 0.410 e. The topological polar surface area (TPSA) is 72.9 Å².